The van der Waals surface area contributed by atoms with Crippen LogP contribution in [0.2, 0.25) is 0 Å². The predicted octanol–water partition coefficient (Wildman–Crippen LogP) is 2.09. The number of hydrogen-bond acceptors (Lipinski definition) is 2. The minimum Gasteiger partial charge on any atom is -0.478 e. The zero-order valence-electron chi connectivity index (χ0n) is 5.50. The van der Waals surface area contributed by atoms with Gasteiger partial charge in [-0.2, -0.15) is 0 Å². The summed E-state index contributed by atoms with van der Waals surface area (Å²) < 4.78 is 0.688. The molecule has 0 aromatic rings. The first-order valence-electron chi connectivity index (χ1n) is 2.95. The first kappa shape index (κ1) is 8.86. The fourth-order valence-corrected chi connectivity index (χ4v) is 1.60. The van der Waals surface area contributed by atoms with E-state index in [0.717, 1.165) is 0 Å². The molecule has 0 aromatic carbocycles. The Morgan fingerprint density at radius 2 is 2.36 bits per heavy atom. The van der Waals surface area contributed by atoms with Crippen molar-refractivity contribution in [3.8, 4) is 0 Å². The highest BCUT2D eigenvalue weighted by molar-refractivity contribution is 14.1. The molecule has 0 saturated heterocycles. The van der Waals surface area contributed by atoms with Gasteiger partial charge in [-0.1, -0.05) is 24.4 Å². The van der Waals surface area contributed by atoms with Gasteiger partial charge in [0.2, 0.25) is 0 Å². The zero-order valence-corrected chi connectivity index (χ0v) is 8.48. The van der Waals surface area contributed by atoms with Crippen molar-refractivity contribution in [1.29, 1.82) is 0 Å². The summed E-state index contributed by atoms with van der Waals surface area (Å²) in [6, 6.07) is 0. The number of carboxylic acid groups (broad SMARTS) is 1. The van der Waals surface area contributed by atoms with Crippen LogP contribution in [0.4, 0.5) is 0 Å². The van der Waals surface area contributed by atoms with Crippen molar-refractivity contribution in [1.82, 2.24) is 0 Å². The minimum atomic E-state index is -0.910. The van der Waals surface area contributed by atoms with Crippen LogP contribution < -0.4 is 0 Å². The van der Waals surface area contributed by atoms with Crippen molar-refractivity contribution in [2.45, 2.75) is 6.42 Å². The normalized spacial score (nSPS) is 17.4. The Morgan fingerprint density at radius 3 is 2.82 bits per heavy atom. The molecule has 0 aromatic heterocycles. The number of thiocarbonyl (C=S) groups is 1. The van der Waals surface area contributed by atoms with Gasteiger partial charge >= 0.3 is 5.97 Å². The SMILES string of the molecule is O=C(O)C1=C(I)C(=S)CC=C1. The number of rotatable bonds is 1. The third-order valence-corrected chi connectivity index (χ3v) is 3.27. The highest BCUT2D eigenvalue weighted by Crippen LogP contribution is 2.22. The molecule has 58 valence electrons. The molecule has 1 aliphatic rings. The van der Waals surface area contributed by atoms with Crippen molar-refractivity contribution < 1.29 is 9.90 Å². The van der Waals surface area contributed by atoms with Crippen molar-refractivity contribution >= 4 is 45.6 Å². The van der Waals surface area contributed by atoms with Gasteiger partial charge in [0, 0.05) is 14.9 Å². The van der Waals surface area contributed by atoms with E-state index in [2.05, 4.69) is 0 Å². The van der Waals surface area contributed by atoms with Crippen LogP contribution in [-0.2, 0) is 4.79 Å². The van der Waals surface area contributed by atoms with E-state index in [1.54, 1.807) is 12.2 Å². The lowest BCUT2D eigenvalue weighted by molar-refractivity contribution is -0.132. The molecule has 1 N–H and O–H groups in total. The molecule has 0 saturated carbocycles. The van der Waals surface area contributed by atoms with Gasteiger partial charge in [-0.05, 0) is 22.6 Å². The standard InChI is InChI=1S/C7H5IO2S/c8-6-4(7(9)10)2-1-3-5(6)11/h1-2H,3H2,(H,9,10). The molecule has 0 aliphatic heterocycles. The largest absolute Gasteiger partial charge is 0.478 e. The summed E-state index contributed by atoms with van der Waals surface area (Å²) in [5, 5.41) is 8.65. The first-order valence-corrected chi connectivity index (χ1v) is 4.44. The molecule has 4 heteroatoms. The van der Waals surface area contributed by atoms with Crippen LogP contribution in [0.1, 0.15) is 6.42 Å². The van der Waals surface area contributed by atoms with Gasteiger partial charge in [0.25, 0.3) is 0 Å². The van der Waals surface area contributed by atoms with E-state index in [-0.39, 0.29) is 0 Å². The topological polar surface area (TPSA) is 37.3 Å². The third-order valence-electron chi connectivity index (χ3n) is 1.30. The molecular formula is C7H5IO2S. The van der Waals surface area contributed by atoms with Crippen molar-refractivity contribution in [3.05, 3.63) is 21.3 Å². The Morgan fingerprint density at radius 1 is 1.73 bits per heavy atom. The van der Waals surface area contributed by atoms with E-state index in [1.807, 2.05) is 22.6 Å². The first-order chi connectivity index (χ1) is 5.13. The number of carbonyl (C=O) groups is 1. The van der Waals surface area contributed by atoms with Gasteiger partial charge in [-0.25, -0.2) is 4.79 Å². The van der Waals surface area contributed by atoms with Crippen molar-refractivity contribution in [3.63, 3.8) is 0 Å². The van der Waals surface area contributed by atoms with E-state index in [0.29, 0.717) is 20.4 Å². The molecule has 0 atom stereocenters. The van der Waals surface area contributed by atoms with Crippen LogP contribution in [0.25, 0.3) is 0 Å². The van der Waals surface area contributed by atoms with Gasteiger partial charge in [0.1, 0.15) is 0 Å². The van der Waals surface area contributed by atoms with E-state index in [9.17, 15) is 4.79 Å². The molecule has 0 fully saturated rings. The van der Waals surface area contributed by atoms with Crippen molar-refractivity contribution in [2.75, 3.05) is 0 Å². The maximum absolute atomic E-state index is 10.5. The lowest BCUT2D eigenvalue weighted by Crippen LogP contribution is -2.07. The predicted molar refractivity (Wildman–Crippen MR) is 55.0 cm³/mol. The summed E-state index contributed by atoms with van der Waals surface area (Å²) in [5.74, 6) is -0.910. The van der Waals surface area contributed by atoms with Crippen LogP contribution in [-0.4, -0.2) is 15.9 Å². The number of aliphatic carboxylic acids is 1. The Kier molecular flexibility index (Phi) is 2.78. The molecule has 0 amide bonds. The Labute approximate surface area is 83.1 Å². The summed E-state index contributed by atoms with van der Waals surface area (Å²) >= 11 is 6.91. The lowest BCUT2D eigenvalue weighted by Gasteiger charge is -2.07. The Balaban J connectivity index is 3.08. The van der Waals surface area contributed by atoms with Crippen LogP contribution in [0.5, 0.6) is 0 Å². The third kappa shape index (κ3) is 1.87. The molecule has 0 bridgehead atoms. The smallest absolute Gasteiger partial charge is 0.336 e. The van der Waals surface area contributed by atoms with Crippen molar-refractivity contribution in [2.24, 2.45) is 0 Å². The highest BCUT2D eigenvalue weighted by atomic mass is 127. The highest BCUT2D eigenvalue weighted by Gasteiger charge is 2.15. The minimum absolute atomic E-state index is 0.307. The summed E-state index contributed by atoms with van der Waals surface area (Å²) in [6.07, 6.45) is 4.05. The van der Waals surface area contributed by atoms with Gasteiger partial charge in [0.15, 0.2) is 0 Å². The van der Waals surface area contributed by atoms with Gasteiger partial charge in [-0.15, -0.1) is 0 Å². The van der Waals surface area contributed by atoms with E-state index >= 15 is 0 Å². The molecule has 1 aliphatic carbocycles. The number of hydrogen-bond donors (Lipinski definition) is 1. The summed E-state index contributed by atoms with van der Waals surface area (Å²) in [5.41, 5.74) is 0.307. The zero-order chi connectivity index (χ0) is 8.43. The Hall–Kier alpha value is -0.230. The molecule has 1 rings (SSSR count). The second kappa shape index (κ2) is 3.44. The summed E-state index contributed by atoms with van der Waals surface area (Å²) in [4.78, 5) is 11.3. The van der Waals surface area contributed by atoms with Gasteiger partial charge in [-0.3, -0.25) is 0 Å². The average molecular weight is 280 g/mol. The molecule has 0 unspecified atom stereocenters. The second-order valence-corrected chi connectivity index (χ2v) is 3.63. The van der Waals surface area contributed by atoms with Crippen LogP contribution in [0.15, 0.2) is 21.3 Å². The molecular weight excluding hydrogens is 275 g/mol. The number of halogens is 1. The number of carboxylic acids is 1. The summed E-state index contributed by atoms with van der Waals surface area (Å²) in [6.45, 7) is 0. The monoisotopic (exact) mass is 280 g/mol. The molecule has 0 spiro atoms. The maximum atomic E-state index is 10.5. The molecule has 2 nitrogen and oxygen atoms in total. The average Bonchev–Trinajstić information content (AvgIpc) is 1.94. The molecule has 0 heterocycles. The number of allylic oxidation sites excluding steroid dienone is 2. The lowest BCUT2D eigenvalue weighted by atomic mass is 10.1. The fourth-order valence-electron chi connectivity index (χ4n) is 0.762. The van der Waals surface area contributed by atoms with Gasteiger partial charge < -0.3 is 5.11 Å². The van der Waals surface area contributed by atoms with Gasteiger partial charge in [0.05, 0.1) is 5.57 Å². The van der Waals surface area contributed by atoms with Crippen LogP contribution in [0.3, 0.4) is 0 Å². The van der Waals surface area contributed by atoms with E-state index in [1.165, 1.54) is 0 Å². The molecule has 11 heavy (non-hydrogen) atoms. The quantitative estimate of drug-likeness (QED) is 0.590. The van der Waals surface area contributed by atoms with Crippen LogP contribution >= 0.6 is 34.8 Å². The van der Waals surface area contributed by atoms with E-state index in [4.69, 9.17) is 17.3 Å². The van der Waals surface area contributed by atoms with Crippen LogP contribution in [0, 0.1) is 0 Å². The Bertz CT molecular complexity index is 278. The fraction of sp³-hybridized carbons (Fsp3) is 0.143. The molecule has 0 radical (unpaired) electrons. The second-order valence-electron chi connectivity index (χ2n) is 2.06. The summed E-state index contributed by atoms with van der Waals surface area (Å²) in [7, 11) is 0. The van der Waals surface area contributed by atoms with E-state index < -0.39 is 5.97 Å². The maximum Gasteiger partial charge on any atom is 0.336 e.